The Labute approximate surface area is 206 Å². The summed E-state index contributed by atoms with van der Waals surface area (Å²) in [4.78, 5) is 36.3. The molecule has 1 unspecified atom stereocenters. The predicted molar refractivity (Wildman–Crippen MR) is 130 cm³/mol. The maximum Gasteiger partial charge on any atom is 0.407 e. The fourth-order valence-electron chi connectivity index (χ4n) is 4.17. The summed E-state index contributed by atoms with van der Waals surface area (Å²) in [5.41, 5.74) is 4.38. The van der Waals surface area contributed by atoms with Gasteiger partial charge in [-0.05, 0) is 35.6 Å². The van der Waals surface area contributed by atoms with Crippen LogP contribution in [0, 0.1) is 6.92 Å². The Kier molecular flexibility index (Phi) is 7.71. The average molecular weight is 495 g/mol. The standard InChI is InChI=1S/C25H26N4O5S/c1-15-28-29-22(35-15)12-13-26-24(32)21(10-11-23(30)31)27-25(33)34-14-20-18-8-4-2-6-16(18)17-7-3-5-9-19(17)20/h2-9,20-21H,10-14H2,1H3,(H,26,32)(H,27,33)(H,30,31). The molecular formula is C25H26N4O5S. The van der Waals surface area contributed by atoms with Gasteiger partial charge in [-0.15, -0.1) is 21.5 Å². The number of hydrogen-bond donors (Lipinski definition) is 3. The first kappa shape index (κ1) is 24.3. The maximum absolute atomic E-state index is 12.7. The number of carboxylic acids is 1. The van der Waals surface area contributed by atoms with Crippen molar-refractivity contribution in [1.82, 2.24) is 20.8 Å². The van der Waals surface area contributed by atoms with E-state index in [1.165, 1.54) is 11.3 Å². The number of amides is 2. The van der Waals surface area contributed by atoms with E-state index in [1.54, 1.807) is 0 Å². The number of nitrogens with zero attached hydrogens (tertiary/aromatic N) is 2. The molecule has 35 heavy (non-hydrogen) atoms. The van der Waals surface area contributed by atoms with Gasteiger partial charge in [0.1, 0.15) is 22.7 Å². The molecule has 0 radical (unpaired) electrons. The monoisotopic (exact) mass is 494 g/mol. The SMILES string of the molecule is Cc1nnc(CCNC(=O)C(CCC(=O)O)NC(=O)OCC2c3ccccc3-c3ccccc32)s1. The van der Waals surface area contributed by atoms with Crippen molar-refractivity contribution in [3.63, 3.8) is 0 Å². The van der Waals surface area contributed by atoms with Gasteiger partial charge < -0.3 is 20.5 Å². The average Bonchev–Trinajstić information content (AvgIpc) is 3.41. The van der Waals surface area contributed by atoms with Crippen molar-refractivity contribution in [1.29, 1.82) is 0 Å². The van der Waals surface area contributed by atoms with Gasteiger partial charge in [-0.2, -0.15) is 0 Å². The first-order valence-electron chi connectivity index (χ1n) is 11.3. The zero-order valence-corrected chi connectivity index (χ0v) is 20.0. The molecular weight excluding hydrogens is 468 g/mol. The van der Waals surface area contributed by atoms with Crippen LogP contribution in [0.15, 0.2) is 48.5 Å². The number of alkyl carbamates (subject to hydrolysis) is 1. The van der Waals surface area contributed by atoms with E-state index in [0.717, 1.165) is 32.3 Å². The minimum Gasteiger partial charge on any atom is -0.481 e. The molecule has 9 nitrogen and oxygen atoms in total. The summed E-state index contributed by atoms with van der Waals surface area (Å²) in [6.07, 6.45) is -0.591. The highest BCUT2D eigenvalue weighted by Gasteiger charge is 2.30. The second-order valence-electron chi connectivity index (χ2n) is 8.21. The number of carbonyl (C=O) groups is 3. The topological polar surface area (TPSA) is 131 Å². The minimum absolute atomic E-state index is 0.0523. The van der Waals surface area contributed by atoms with Crippen molar-refractivity contribution in [2.75, 3.05) is 13.2 Å². The fourth-order valence-corrected chi connectivity index (χ4v) is 4.88. The summed E-state index contributed by atoms with van der Waals surface area (Å²) >= 11 is 1.44. The van der Waals surface area contributed by atoms with Crippen molar-refractivity contribution < 1.29 is 24.2 Å². The maximum atomic E-state index is 12.7. The quantitative estimate of drug-likeness (QED) is 0.394. The van der Waals surface area contributed by atoms with Gasteiger partial charge in [0.2, 0.25) is 5.91 Å². The van der Waals surface area contributed by atoms with Crippen molar-refractivity contribution in [2.45, 2.75) is 38.1 Å². The Morgan fingerprint density at radius 1 is 1.06 bits per heavy atom. The number of ether oxygens (including phenoxy) is 1. The summed E-state index contributed by atoms with van der Waals surface area (Å²) in [7, 11) is 0. The number of hydrogen-bond acceptors (Lipinski definition) is 7. The summed E-state index contributed by atoms with van der Waals surface area (Å²) in [6, 6.07) is 15.0. The molecule has 1 aliphatic rings. The lowest BCUT2D eigenvalue weighted by atomic mass is 9.98. The van der Waals surface area contributed by atoms with E-state index in [0.29, 0.717) is 13.0 Å². The molecule has 0 saturated carbocycles. The van der Waals surface area contributed by atoms with Crippen molar-refractivity contribution in [3.05, 3.63) is 69.7 Å². The Balaban J connectivity index is 1.35. The molecule has 3 aromatic rings. The van der Waals surface area contributed by atoms with Crippen molar-refractivity contribution in [2.24, 2.45) is 0 Å². The van der Waals surface area contributed by atoms with Gasteiger partial charge in [-0.25, -0.2) is 4.79 Å². The normalized spacial score (nSPS) is 12.9. The molecule has 1 aliphatic carbocycles. The van der Waals surface area contributed by atoms with E-state index in [1.807, 2.05) is 55.5 Å². The van der Waals surface area contributed by atoms with Gasteiger partial charge in [0.25, 0.3) is 0 Å². The molecule has 10 heteroatoms. The molecule has 0 saturated heterocycles. The van der Waals surface area contributed by atoms with Gasteiger partial charge in [0, 0.05) is 25.3 Å². The Bertz CT molecular complexity index is 1180. The van der Waals surface area contributed by atoms with E-state index in [2.05, 4.69) is 20.8 Å². The van der Waals surface area contributed by atoms with E-state index in [4.69, 9.17) is 9.84 Å². The minimum atomic E-state index is -1.05. The number of rotatable bonds is 10. The molecule has 1 atom stereocenters. The number of nitrogens with one attached hydrogen (secondary N) is 2. The second-order valence-corrected chi connectivity index (χ2v) is 9.48. The zero-order valence-electron chi connectivity index (χ0n) is 19.2. The molecule has 0 bridgehead atoms. The Morgan fingerprint density at radius 2 is 1.71 bits per heavy atom. The highest BCUT2D eigenvalue weighted by molar-refractivity contribution is 7.11. The lowest BCUT2D eigenvalue weighted by Crippen LogP contribution is -2.47. The highest BCUT2D eigenvalue weighted by atomic mass is 32.1. The third-order valence-corrected chi connectivity index (χ3v) is 6.70. The van der Waals surface area contributed by atoms with Gasteiger partial charge in [-0.1, -0.05) is 48.5 Å². The summed E-state index contributed by atoms with van der Waals surface area (Å²) in [5, 5.41) is 23.9. The number of carbonyl (C=O) groups excluding carboxylic acids is 2. The van der Waals surface area contributed by atoms with Crippen LogP contribution in [0.5, 0.6) is 0 Å². The van der Waals surface area contributed by atoms with Gasteiger partial charge in [-0.3, -0.25) is 9.59 Å². The van der Waals surface area contributed by atoms with Crippen LogP contribution >= 0.6 is 11.3 Å². The highest BCUT2D eigenvalue weighted by Crippen LogP contribution is 2.44. The first-order valence-corrected chi connectivity index (χ1v) is 12.1. The third-order valence-electron chi connectivity index (χ3n) is 5.81. The third kappa shape index (κ3) is 6.02. The predicted octanol–water partition coefficient (Wildman–Crippen LogP) is 3.28. The van der Waals surface area contributed by atoms with Crippen LogP contribution in [0.25, 0.3) is 11.1 Å². The summed E-state index contributed by atoms with van der Waals surface area (Å²) in [6.45, 7) is 2.24. The molecule has 182 valence electrons. The molecule has 0 spiro atoms. The van der Waals surface area contributed by atoms with Crippen LogP contribution in [0.4, 0.5) is 4.79 Å². The number of aryl methyl sites for hydroxylation is 1. The van der Waals surface area contributed by atoms with Gasteiger partial charge >= 0.3 is 12.1 Å². The van der Waals surface area contributed by atoms with Crippen molar-refractivity contribution >= 4 is 29.3 Å². The molecule has 2 amide bonds. The fraction of sp³-hybridized carbons (Fsp3) is 0.320. The zero-order chi connectivity index (χ0) is 24.8. The molecule has 0 aliphatic heterocycles. The number of carboxylic acid groups (broad SMARTS) is 1. The lowest BCUT2D eigenvalue weighted by molar-refractivity contribution is -0.137. The first-order chi connectivity index (χ1) is 16.9. The summed E-state index contributed by atoms with van der Waals surface area (Å²) in [5.74, 6) is -1.64. The van der Waals surface area contributed by atoms with Crippen LogP contribution in [-0.4, -0.2) is 52.5 Å². The number of fused-ring (bicyclic) bond motifs is 3. The van der Waals surface area contributed by atoms with Crippen LogP contribution in [0.1, 0.15) is 39.9 Å². The molecule has 4 rings (SSSR count). The number of aliphatic carboxylic acids is 1. The number of benzene rings is 2. The number of aromatic nitrogens is 2. The molecule has 3 N–H and O–H groups in total. The molecule has 2 aromatic carbocycles. The van der Waals surface area contributed by atoms with E-state index in [-0.39, 0.29) is 25.4 Å². The molecule has 1 heterocycles. The van der Waals surface area contributed by atoms with Crippen LogP contribution in [-0.2, 0) is 20.7 Å². The molecule has 1 aromatic heterocycles. The Morgan fingerprint density at radius 3 is 2.31 bits per heavy atom. The molecule has 0 fully saturated rings. The summed E-state index contributed by atoms with van der Waals surface area (Å²) < 4.78 is 5.51. The van der Waals surface area contributed by atoms with Crippen LogP contribution < -0.4 is 10.6 Å². The largest absolute Gasteiger partial charge is 0.481 e. The van der Waals surface area contributed by atoms with E-state index >= 15 is 0 Å². The van der Waals surface area contributed by atoms with Crippen LogP contribution in [0.3, 0.4) is 0 Å². The van der Waals surface area contributed by atoms with E-state index in [9.17, 15) is 14.4 Å². The smallest absolute Gasteiger partial charge is 0.407 e. The Hall–Kier alpha value is -3.79. The second kappa shape index (κ2) is 11.1. The van der Waals surface area contributed by atoms with Gasteiger partial charge in [0.15, 0.2) is 0 Å². The van der Waals surface area contributed by atoms with Gasteiger partial charge in [0.05, 0.1) is 0 Å². The van der Waals surface area contributed by atoms with E-state index < -0.39 is 24.0 Å². The lowest BCUT2D eigenvalue weighted by Gasteiger charge is -2.19. The van der Waals surface area contributed by atoms with Crippen LogP contribution in [0.2, 0.25) is 0 Å². The van der Waals surface area contributed by atoms with Crippen molar-refractivity contribution in [3.8, 4) is 11.1 Å².